The normalized spacial score (nSPS) is 12.7. The molecule has 0 saturated heterocycles. The fraction of sp³-hybridized carbons (Fsp3) is 0.286. The van der Waals surface area contributed by atoms with E-state index in [0.29, 0.717) is 27.5 Å². The van der Waals surface area contributed by atoms with Crippen molar-refractivity contribution in [3.8, 4) is 11.5 Å². The Hall–Kier alpha value is -3.69. The van der Waals surface area contributed by atoms with Crippen molar-refractivity contribution < 1.29 is 27.1 Å². The van der Waals surface area contributed by atoms with E-state index in [4.69, 9.17) is 13.9 Å². The van der Waals surface area contributed by atoms with Crippen LogP contribution < -0.4 is 19.8 Å². The van der Waals surface area contributed by atoms with Crippen molar-refractivity contribution in [1.29, 1.82) is 0 Å². The SMILES string of the molecule is COc1ccc2c(c1)c(=O)oc1c(C)c(OC(=O)[C@@H](CC(C)C)NS(=O)(=O)c3ccc(C)cc3)ccc12. The van der Waals surface area contributed by atoms with E-state index in [0.717, 1.165) is 5.56 Å². The van der Waals surface area contributed by atoms with Gasteiger partial charge in [-0.15, -0.1) is 0 Å². The third-order valence-electron chi connectivity index (χ3n) is 6.12. The van der Waals surface area contributed by atoms with Gasteiger partial charge in [-0.05, 0) is 68.7 Å². The quantitative estimate of drug-likeness (QED) is 0.152. The van der Waals surface area contributed by atoms with Crippen LogP contribution in [0.15, 0.2) is 68.7 Å². The molecule has 0 aliphatic heterocycles. The third-order valence-corrected chi connectivity index (χ3v) is 7.61. The molecule has 1 N–H and O–H groups in total. The second-order valence-electron chi connectivity index (χ2n) is 9.40. The highest BCUT2D eigenvalue weighted by Crippen LogP contribution is 2.32. The molecule has 0 aliphatic carbocycles. The summed E-state index contributed by atoms with van der Waals surface area (Å²) < 4.78 is 44.9. The first-order valence-electron chi connectivity index (χ1n) is 11.8. The monoisotopic (exact) mass is 523 g/mol. The minimum atomic E-state index is -3.96. The first kappa shape index (κ1) is 26.4. The Labute approximate surface area is 215 Å². The molecule has 0 spiro atoms. The largest absolute Gasteiger partial charge is 0.497 e. The van der Waals surface area contributed by atoms with Crippen LogP contribution in [-0.2, 0) is 14.8 Å². The highest BCUT2D eigenvalue weighted by molar-refractivity contribution is 7.89. The average Bonchev–Trinajstić information content (AvgIpc) is 2.85. The summed E-state index contributed by atoms with van der Waals surface area (Å²) in [7, 11) is -2.44. The molecule has 37 heavy (non-hydrogen) atoms. The second kappa shape index (κ2) is 10.4. The van der Waals surface area contributed by atoms with E-state index >= 15 is 0 Å². The highest BCUT2D eigenvalue weighted by atomic mass is 32.2. The number of methoxy groups -OCH3 is 1. The Balaban J connectivity index is 1.67. The van der Waals surface area contributed by atoms with E-state index in [1.54, 1.807) is 49.4 Å². The Morgan fingerprint density at radius 2 is 1.65 bits per heavy atom. The van der Waals surface area contributed by atoms with Crippen LogP contribution in [0.1, 0.15) is 31.4 Å². The maximum atomic E-state index is 13.2. The molecule has 4 aromatic rings. The molecular formula is C28H29NO7S. The molecule has 0 radical (unpaired) electrons. The molecular weight excluding hydrogens is 494 g/mol. The van der Waals surface area contributed by atoms with Crippen LogP contribution in [0.5, 0.6) is 11.5 Å². The van der Waals surface area contributed by atoms with Crippen LogP contribution in [0.25, 0.3) is 21.7 Å². The van der Waals surface area contributed by atoms with Gasteiger partial charge in [0.15, 0.2) is 0 Å². The second-order valence-corrected chi connectivity index (χ2v) is 11.1. The molecule has 1 aromatic heterocycles. The Bertz CT molecular complexity index is 1640. The molecule has 0 fully saturated rings. The zero-order chi connectivity index (χ0) is 26.9. The van der Waals surface area contributed by atoms with E-state index in [2.05, 4.69) is 4.72 Å². The number of carbonyl (C=O) groups is 1. The van der Waals surface area contributed by atoms with E-state index in [1.807, 2.05) is 20.8 Å². The molecule has 1 atom stereocenters. The number of aryl methyl sites for hydroxylation is 2. The van der Waals surface area contributed by atoms with Gasteiger partial charge in [0.25, 0.3) is 0 Å². The van der Waals surface area contributed by atoms with E-state index in [1.165, 1.54) is 19.2 Å². The first-order valence-corrected chi connectivity index (χ1v) is 13.3. The molecule has 9 heteroatoms. The minimum absolute atomic E-state index is 0.0114. The predicted octanol–water partition coefficient (Wildman–Crippen LogP) is 4.87. The summed E-state index contributed by atoms with van der Waals surface area (Å²) in [5.74, 6) is -0.0282. The first-order chi connectivity index (χ1) is 17.5. The Kier molecular flexibility index (Phi) is 7.38. The van der Waals surface area contributed by atoms with E-state index in [-0.39, 0.29) is 28.6 Å². The van der Waals surface area contributed by atoms with Crippen molar-refractivity contribution in [3.05, 3.63) is 76.1 Å². The highest BCUT2D eigenvalue weighted by Gasteiger charge is 2.29. The lowest BCUT2D eigenvalue weighted by atomic mass is 10.0. The molecule has 0 amide bonds. The number of hydrogen-bond acceptors (Lipinski definition) is 7. The van der Waals surface area contributed by atoms with E-state index in [9.17, 15) is 18.0 Å². The number of sulfonamides is 1. The summed E-state index contributed by atoms with van der Waals surface area (Å²) in [6.45, 7) is 7.31. The number of fused-ring (bicyclic) bond motifs is 3. The molecule has 0 saturated carbocycles. The number of benzene rings is 3. The number of nitrogens with one attached hydrogen (secondary N) is 1. The van der Waals surface area contributed by atoms with Crippen molar-refractivity contribution >= 4 is 37.7 Å². The van der Waals surface area contributed by atoms with Crippen LogP contribution >= 0.6 is 0 Å². The van der Waals surface area contributed by atoms with Gasteiger partial charge in [-0.3, -0.25) is 0 Å². The van der Waals surface area contributed by atoms with E-state index < -0.39 is 27.7 Å². The smallest absolute Gasteiger partial charge is 0.344 e. The van der Waals surface area contributed by atoms with Crippen LogP contribution in [0.3, 0.4) is 0 Å². The molecule has 1 heterocycles. The lowest BCUT2D eigenvalue weighted by Crippen LogP contribution is -2.43. The number of ether oxygens (including phenoxy) is 2. The third kappa shape index (κ3) is 5.52. The maximum Gasteiger partial charge on any atom is 0.344 e. The molecule has 194 valence electrons. The van der Waals surface area contributed by atoms with Crippen molar-refractivity contribution in [2.45, 2.75) is 45.1 Å². The van der Waals surface area contributed by atoms with Gasteiger partial charge in [-0.1, -0.05) is 31.5 Å². The zero-order valence-corrected chi connectivity index (χ0v) is 22.1. The van der Waals surface area contributed by atoms with Crippen LogP contribution in [0, 0.1) is 19.8 Å². The molecule has 0 aliphatic rings. The van der Waals surface area contributed by atoms with Gasteiger partial charge in [-0.2, -0.15) is 4.72 Å². The lowest BCUT2D eigenvalue weighted by molar-refractivity contribution is -0.136. The number of hydrogen-bond donors (Lipinski definition) is 1. The number of rotatable bonds is 8. The predicted molar refractivity (Wildman–Crippen MR) is 142 cm³/mol. The van der Waals surface area contributed by atoms with Gasteiger partial charge in [0.05, 0.1) is 17.4 Å². The van der Waals surface area contributed by atoms with Gasteiger partial charge < -0.3 is 13.9 Å². The van der Waals surface area contributed by atoms with Crippen LogP contribution in [0.4, 0.5) is 0 Å². The van der Waals surface area contributed by atoms with Gasteiger partial charge >= 0.3 is 11.6 Å². The van der Waals surface area contributed by atoms with Crippen LogP contribution in [-0.4, -0.2) is 27.5 Å². The maximum absolute atomic E-state index is 13.2. The summed E-state index contributed by atoms with van der Waals surface area (Å²) in [4.78, 5) is 25.9. The summed E-state index contributed by atoms with van der Waals surface area (Å²) in [6.07, 6.45) is 0.234. The van der Waals surface area contributed by atoms with Crippen molar-refractivity contribution in [1.82, 2.24) is 4.72 Å². The molecule has 0 unspecified atom stereocenters. The van der Waals surface area contributed by atoms with Gasteiger partial charge in [0.2, 0.25) is 10.0 Å². The van der Waals surface area contributed by atoms with Crippen molar-refractivity contribution in [2.24, 2.45) is 5.92 Å². The number of esters is 1. The molecule has 4 rings (SSSR count). The standard InChI is InChI=1S/C28H29NO7S/c1-16(2)14-24(29-37(32,33)20-9-6-17(3)7-10-20)28(31)35-25-13-12-22-21-11-8-19(34-5)15-23(21)27(30)36-26(22)18(25)4/h6-13,15-16,24,29H,14H2,1-5H3/t24-/m1/s1. The molecule has 0 bridgehead atoms. The Morgan fingerprint density at radius 3 is 2.30 bits per heavy atom. The Morgan fingerprint density at radius 1 is 0.973 bits per heavy atom. The summed E-state index contributed by atoms with van der Waals surface area (Å²) in [5.41, 5.74) is 1.11. The molecule has 8 nitrogen and oxygen atoms in total. The summed E-state index contributed by atoms with van der Waals surface area (Å²) in [5, 5.41) is 1.73. The van der Waals surface area contributed by atoms with Gasteiger partial charge in [0, 0.05) is 16.3 Å². The summed E-state index contributed by atoms with van der Waals surface area (Å²) >= 11 is 0. The van der Waals surface area contributed by atoms with Gasteiger partial charge in [-0.25, -0.2) is 18.0 Å². The summed E-state index contributed by atoms with van der Waals surface area (Å²) in [6, 6.07) is 13.7. The fourth-order valence-corrected chi connectivity index (χ4v) is 5.34. The zero-order valence-electron chi connectivity index (χ0n) is 21.3. The lowest BCUT2D eigenvalue weighted by Gasteiger charge is -2.20. The van der Waals surface area contributed by atoms with Crippen LogP contribution in [0.2, 0.25) is 0 Å². The van der Waals surface area contributed by atoms with Crippen molar-refractivity contribution in [2.75, 3.05) is 7.11 Å². The van der Waals surface area contributed by atoms with Crippen molar-refractivity contribution in [3.63, 3.8) is 0 Å². The topological polar surface area (TPSA) is 112 Å². The number of carbonyl (C=O) groups excluding carboxylic acids is 1. The minimum Gasteiger partial charge on any atom is -0.497 e. The molecule has 3 aromatic carbocycles. The van der Waals surface area contributed by atoms with Gasteiger partial charge in [0.1, 0.15) is 23.1 Å². The average molecular weight is 524 g/mol. The fourth-order valence-electron chi connectivity index (χ4n) is 4.15.